The first kappa shape index (κ1) is 14.4. The van der Waals surface area contributed by atoms with Gasteiger partial charge in [0, 0.05) is 37.1 Å². The molecular formula is C16H19F2NO2. The minimum atomic E-state index is -0.567. The van der Waals surface area contributed by atoms with Crippen LogP contribution in [0, 0.1) is 23.5 Å². The number of aliphatic hydroxyl groups is 1. The van der Waals surface area contributed by atoms with Gasteiger partial charge in [-0.2, -0.15) is 0 Å². The maximum absolute atomic E-state index is 13.7. The molecule has 1 saturated carbocycles. The molecule has 1 aliphatic heterocycles. The molecule has 1 aliphatic carbocycles. The maximum Gasteiger partial charge on any atom is 0.226 e. The molecule has 1 N–H and O–H groups in total. The minimum Gasteiger partial charge on any atom is -0.396 e. The summed E-state index contributed by atoms with van der Waals surface area (Å²) in [7, 11) is 0. The number of rotatable bonds is 3. The molecule has 2 fully saturated rings. The highest BCUT2D eigenvalue weighted by Crippen LogP contribution is 2.50. The van der Waals surface area contributed by atoms with E-state index >= 15 is 0 Å². The summed E-state index contributed by atoms with van der Waals surface area (Å²) in [6.07, 6.45) is 2.32. The van der Waals surface area contributed by atoms with E-state index in [4.69, 9.17) is 0 Å². The highest BCUT2D eigenvalue weighted by molar-refractivity contribution is 5.83. The third-order valence-corrected chi connectivity index (χ3v) is 4.57. The van der Waals surface area contributed by atoms with Crippen LogP contribution in [-0.4, -0.2) is 35.6 Å². The monoisotopic (exact) mass is 295 g/mol. The molecule has 2 aliphatic rings. The fourth-order valence-electron chi connectivity index (χ4n) is 3.30. The average Bonchev–Trinajstić information content (AvgIpc) is 3.26. The number of benzene rings is 1. The predicted octanol–water partition coefficient (Wildman–Crippen LogP) is 2.30. The SMILES string of the molecule is O=C(C1CC1c1c(F)cccc1F)N1CCCC(CO)C1. The van der Waals surface area contributed by atoms with Crippen LogP contribution in [0.3, 0.4) is 0 Å². The summed E-state index contributed by atoms with van der Waals surface area (Å²) in [6.45, 7) is 1.32. The normalized spacial score (nSPS) is 28.5. The van der Waals surface area contributed by atoms with Crippen LogP contribution in [-0.2, 0) is 4.79 Å². The van der Waals surface area contributed by atoms with Crippen molar-refractivity contribution >= 4 is 5.91 Å². The Balaban J connectivity index is 1.68. The standard InChI is InChI=1S/C16H19F2NO2/c17-13-4-1-5-14(18)15(13)11-7-12(11)16(21)19-6-2-3-10(8-19)9-20/h1,4-5,10-12,20H,2-3,6-9H2. The van der Waals surface area contributed by atoms with Crippen LogP contribution in [0.5, 0.6) is 0 Å². The van der Waals surface area contributed by atoms with E-state index in [9.17, 15) is 18.7 Å². The average molecular weight is 295 g/mol. The molecule has 5 heteroatoms. The smallest absolute Gasteiger partial charge is 0.226 e. The molecular weight excluding hydrogens is 276 g/mol. The number of likely N-dealkylation sites (tertiary alicyclic amines) is 1. The number of aliphatic hydroxyl groups excluding tert-OH is 1. The number of carbonyl (C=O) groups is 1. The van der Waals surface area contributed by atoms with Crippen molar-refractivity contribution in [3.63, 3.8) is 0 Å². The summed E-state index contributed by atoms with van der Waals surface area (Å²) in [5, 5.41) is 9.21. The van der Waals surface area contributed by atoms with Gasteiger partial charge >= 0.3 is 0 Å². The first-order valence-electron chi connectivity index (χ1n) is 7.45. The molecule has 3 nitrogen and oxygen atoms in total. The summed E-state index contributed by atoms with van der Waals surface area (Å²) in [4.78, 5) is 14.2. The number of carbonyl (C=O) groups excluding carboxylic acids is 1. The van der Waals surface area contributed by atoms with Gasteiger partial charge < -0.3 is 10.0 Å². The van der Waals surface area contributed by atoms with Gasteiger partial charge in [-0.15, -0.1) is 0 Å². The van der Waals surface area contributed by atoms with Gasteiger partial charge in [0.15, 0.2) is 0 Å². The van der Waals surface area contributed by atoms with Crippen molar-refractivity contribution in [1.82, 2.24) is 4.90 Å². The van der Waals surface area contributed by atoms with Crippen molar-refractivity contribution in [3.8, 4) is 0 Å². The van der Waals surface area contributed by atoms with Crippen LogP contribution in [0.15, 0.2) is 18.2 Å². The summed E-state index contributed by atoms with van der Waals surface area (Å²) >= 11 is 0. The summed E-state index contributed by atoms with van der Waals surface area (Å²) in [6, 6.07) is 3.81. The quantitative estimate of drug-likeness (QED) is 0.929. The van der Waals surface area contributed by atoms with Gasteiger partial charge in [-0.1, -0.05) is 6.07 Å². The van der Waals surface area contributed by atoms with Crippen LogP contribution in [0.25, 0.3) is 0 Å². The van der Waals surface area contributed by atoms with Crippen molar-refractivity contribution in [2.75, 3.05) is 19.7 Å². The number of piperidine rings is 1. The van der Waals surface area contributed by atoms with Crippen LogP contribution in [0.2, 0.25) is 0 Å². The number of nitrogens with zero attached hydrogens (tertiary/aromatic N) is 1. The highest BCUT2D eigenvalue weighted by Gasteiger charge is 2.48. The number of amides is 1. The zero-order chi connectivity index (χ0) is 15.0. The van der Waals surface area contributed by atoms with Crippen LogP contribution < -0.4 is 0 Å². The molecule has 0 aromatic heterocycles. The molecule has 1 amide bonds. The molecule has 3 unspecified atom stereocenters. The second kappa shape index (κ2) is 5.72. The van der Waals surface area contributed by atoms with Gasteiger partial charge in [0.05, 0.1) is 0 Å². The van der Waals surface area contributed by atoms with Gasteiger partial charge in [-0.05, 0) is 37.3 Å². The van der Waals surface area contributed by atoms with E-state index in [-0.39, 0.29) is 35.8 Å². The van der Waals surface area contributed by atoms with E-state index in [0.717, 1.165) is 12.8 Å². The molecule has 1 saturated heterocycles. The van der Waals surface area contributed by atoms with E-state index in [2.05, 4.69) is 0 Å². The molecule has 1 heterocycles. The van der Waals surface area contributed by atoms with Crippen molar-refractivity contribution in [3.05, 3.63) is 35.4 Å². The second-order valence-corrected chi connectivity index (χ2v) is 6.06. The summed E-state index contributed by atoms with van der Waals surface area (Å²) in [5.41, 5.74) is 0.0477. The summed E-state index contributed by atoms with van der Waals surface area (Å²) < 4.78 is 27.5. The Hall–Kier alpha value is -1.49. The summed E-state index contributed by atoms with van der Waals surface area (Å²) in [5.74, 6) is -1.68. The molecule has 0 spiro atoms. The topological polar surface area (TPSA) is 40.5 Å². The van der Waals surface area contributed by atoms with Crippen molar-refractivity contribution < 1.29 is 18.7 Å². The van der Waals surface area contributed by atoms with E-state index in [1.165, 1.54) is 18.2 Å². The highest BCUT2D eigenvalue weighted by atomic mass is 19.1. The number of halogens is 2. The van der Waals surface area contributed by atoms with Crippen LogP contribution in [0.4, 0.5) is 8.78 Å². The lowest BCUT2D eigenvalue weighted by Gasteiger charge is -2.32. The minimum absolute atomic E-state index is 0.0270. The van der Waals surface area contributed by atoms with E-state index in [1.54, 1.807) is 4.90 Å². The molecule has 0 bridgehead atoms. The first-order chi connectivity index (χ1) is 10.1. The van der Waals surface area contributed by atoms with Crippen molar-refractivity contribution in [2.24, 2.45) is 11.8 Å². The molecule has 114 valence electrons. The predicted molar refractivity (Wildman–Crippen MR) is 73.6 cm³/mol. The molecule has 1 aromatic carbocycles. The van der Waals surface area contributed by atoms with Gasteiger partial charge in [0.2, 0.25) is 5.91 Å². The Morgan fingerprint density at radius 2 is 2.05 bits per heavy atom. The van der Waals surface area contributed by atoms with E-state index < -0.39 is 11.6 Å². The Bertz CT molecular complexity index is 529. The van der Waals surface area contributed by atoms with Gasteiger partial charge in [0.1, 0.15) is 11.6 Å². The maximum atomic E-state index is 13.7. The fourth-order valence-corrected chi connectivity index (χ4v) is 3.30. The first-order valence-corrected chi connectivity index (χ1v) is 7.45. The van der Waals surface area contributed by atoms with Crippen LogP contribution in [0.1, 0.15) is 30.7 Å². The molecule has 3 rings (SSSR count). The lowest BCUT2D eigenvalue weighted by Crippen LogP contribution is -2.41. The van der Waals surface area contributed by atoms with E-state index in [0.29, 0.717) is 19.5 Å². The Morgan fingerprint density at radius 1 is 1.33 bits per heavy atom. The number of hydrogen-bond donors (Lipinski definition) is 1. The van der Waals surface area contributed by atoms with Crippen molar-refractivity contribution in [2.45, 2.75) is 25.2 Å². The largest absolute Gasteiger partial charge is 0.396 e. The Labute approximate surface area is 122 Å². The Morgan fingerprint density at radius 3 is 2.71 bits per heavy atom. The zero-order valence-electron chi connectivity index (χ0n) is 11.8. The lowest BCUT2D eigenvalue weighted by atomic mass is 9.98. The second-order valence-electron chi connectivity index (χ2n) is 6.06. The fraction of sp³-hybridized carbons (Fsp3) is 0.562. The third-order valence-electron chi connectivity index (χ3n) is 4.57. The van der Waals surface area contributed by atoms with Gasteiger partial charge in [0.25, 0.3) is 0 Å². The van der Waals surface area contributed by atoms with Crippen LogP contribution >= 0.6 is 0 Å². The van der Waals surface area contributed by atoms with E-state index in [1.807, 2.05) is 0 Å². The van der Waals surface area contributed by atoms with Gasteiger partial charge in [-0.25, -0.2) is 8.78 Å². The Kier molecular flexibility index (Phi) is 3.93. The third kappa shape index (κ3) is 2.79. The molecule has 1 aromatic rings. The van der Waals surface area contributed by atoms with Gasteiger partial charge in [-0.3, -0.25) is 4.79 Å². The lowest BCUT2D eigenvalue weighted by molar-refractivity contribution is -0.134. The molecule has 21 heavy (non-hydrogen) atoms. The van der Waals surface area contributed by atoms with Crippen molar-refractivity contribution in [1.29, 1.82) is 0 Å². The molecule has 0 radical (unpaired) electrons. The molecule has 3 atom stereocenters. The number of hydrogen-bond acceptors (Lipinski definition) is 2. The zero-order valence-corrected chi connectivity index (χ0v) is 11.8.